The zero-order valence-electron chi connectivity index (χ0n) is 10.3. The van der Waals surface area contributed by atoms with E-state index in [0.29, 0.717) is 13.0 Å². The van der Waals surface area contributed by atoms with Crippen LogP contribution in [0.5, 0.6) is 5.75 Å². The third-order valence-electron chi connectivity index (χ3n) is 2.48. The number of hydrogen-bond donors (Lipinski definition) is 1. The number of nitrogens with one attached hydrogen (secondary N) is 1. The Kier molecular flexibility index (Phi) is 6.52. The van der Waals surface area contributed by atoms with Crippen LogP contribution in [0, 0.1) is 0 Å². The Bertz CT molecular complexity index is 346. The molecule has 96 valence electrons. The SMILES string of the molecule is CCNC(C)c1cc(Br)ccc1OCCCF. The summed E-state index contributed by atoms with van der Waals surface area (Å²) in [5.74, 6) is 0.829. The van der Waals surface area contributed by atoms with Crippen LogP contribution < -0.4 is 10.1 Å². The Hall–Kier alpha value is -0.610. The van der Waals surface area contributed by atoms with Gasteiger partial charge in [0.15, 0.2) is 0 Å². The lowest BCUT2D eigenvalue weighted by atomic mass is 10.1. The van der Waals surface area contributed by atoms with Crippen molar-refractivity contribution in [2.24, 2.45) is 0 Å². The molecular weight excluding hydrogens is 285 g/mol. The quantitative estimate of drug-likeness (QED) is 0.772. The summed E-state index contributed by atoms with van der Waals surface area (Å²) in [4.78, 5) is 0. The van der Waals surface area contributed by atoms with Crippen LogP contribution in [0.1, 0.15) is 31.9 Å². The van der Waals surface area contributed by atoms with Crippen molar-refractivity contribution in [3.63, 3.8) is 0 Å². The summed E-state index contributed by atoms with van der Waals surface area (Å²) >= 11 is 3.45. The minimum atomic E-state index is -0.339. The van der Waals surface area contributed by atoms with E-state index in [-0.39, 0.29) is 12.7 Å². The predicted molar refractivity (Wildman–Crippen MR) is 72.3 cm³/mol. The Labute approximate surface area is 111 Å². The summed E-state index contributed by atoms with van der Waals surface area (Å²) in [6.45, 7) is 5.14. The average molecular weight is 304 g/mol. The van der Waals surface area contributed by atoms with Gasteiger partial charge in [-0.05, 0) is 31.7 Å². The fourth-order valence-electron chi connectivity index (χ4n) is 1.64. The molecule has 0 aromatic heterocycles. The Morgan fingerprint density at radius 1 is 1.47 bits per heavy atom. The van der Waals surface area contributed by atoms with Crippen molar-refractivity contribution in [1.29, 1.82) is 0 Å². The molecule has 0 saturated carbocycles. The number of benzene rings is 1. The standard InChI is InChI=1S/C13H19BrFNO/c1-3-16-10(2)12-9-11(14)5-6-13(12)17-8-4-7-15/h5-6,9-10,16H,3-4,7-8H2,1-2H3. The molecule has 1 rings (SSSR count). The number of hydrogen-bond acceptors (Lipinski definition) is 2. The number of ether oxygens (including phenoxy) is 1. The van der Waals surface area contributed by atoms with E-state index < -0.39 is 0 Å². The molecule has 4 heteroatoms. The maximum Gasteiger partial charge on any atom is 0.124 e. The highest BCUT2D eigenvalue weighted by molar-refractivity contribution is 9.10. The lowest BCUT2D eigenvalue weighted by molar-refractivity contribution is 0.285. The molecule has 2 nitrogen and oxygen atoms in total. The molecule has 0 bridgehead atoms. The second-order valence-corrected chi connectivity index (χ2v) is 4.77. The first kappa shape index (κ1) is 14.5. The van der Waals surface area contributed by atoms with Crippen molar-refractivity contribution in [3.05, 3.63) is 28.2 Å². The van der Waals surface area contributed by atoms with E-state index >= 15 is 0 Å². The van der Waals surface area contributed by atoms with Gasteiger partial charge in [-0.15, -0.1) is 0 Å². The van der Waals surface area contributed by atoms with Crippen LogP contribution in [0.3, 0.4) is 0 Å². The molecule has 0 amide bonds. The molecule has 0 spiro atoms. The second kappa shape index (κ2) is 7.67. The smallest absolute Gasteiger partial charge is 0.124 e. The molecule has 0 radical (unpaired) electrons. The zero-order valence-corrected chi connectivity index (χ0v) is 11.9. The highest BCUT2D eigenvalue weighted by Gasteiger charge is 2.11. The van der Waals surface area contributed by atoms with Crippen LogP contribution in [-0.4, -0.2) is 19.8 Å². The molecule has 1 atom stereocenters. The maximum absolute atomic E-state index is 12.0. The van der Waals surface area contributed by atoms with E-state index in [4.69, 9.17) is 4.74 Å². The summed E-state index contributed by atoms with van der Waals surface area (Å²) in [5, 5.41) is 3.34. The number of rotatable bonds is 7. The van der Waals surface area contributed by atoms with E-state index in [9.17, 15) is 4.39 Å². The van der Waals surface area contributed by atoms with Gasteiger partial charge in [-0.2, -0.15) is 0 Å². The fraction of sp³-hybridized carbons (Fsp3) is 0.538. The monoisotopic (exact) mass is 303 g/mol. The van der Waals surface area contributed by atoms with Gasteiger partial charge in [0.25, 0.3) is 0 Å². The average Bonchev–Trinajstić information content (AvgIpc) is 2.31. The summed E-state index contributed by atoms with van der Waals surface area (Å²) in [6, 6.07) is 6.12. The van der Waals surface area contributed by atoms with Gasteiger partial charge in [0.1, 0.15) is 5.75 Å². The van der Waals surface area contributed by atoms with Gasteiger partial charge >= 0.3 is 0 Å². The molecule has 0 heterocycles. The molecule has 0 saturated heterocycles. The molecule has 17 heavy (non-hydrogen) atoms. The van der Waals surface area contributed by atoms with Crippen molar-refractivity contribution < 1.29 is 9.13 Å². The van der Waals surface area contributed by atoms with Crippen LogP contribution >= 0.6 is 15.9 Å². The van der Waals surface area contributed by atoms with Crippen molar-refractivity contribution in [2.45, 2.75) is 26.3 Å². The highest BCUT2D eigenvalue weighted by atomic mass is 79.9. The summed E-state index contributed by atoms with van der Waals surface area (Å²) in [6.07, 6.45) is 0.436. The molecule has 0 aliphatic heterocycles. The minimum Gasteiger partial charge on any atom is -0.493 e. The van der Waals surface area contributed by atoms with Crippen LogP contribution in [-0.2, 0) is 0 Å². The van der Waals surface area contributed by atoms with Crippen LogP contribution in [0.25, 0.3) is 0 Å². The molecule has 1 aromatic rings. The van der Waals surface area contributed by atoms with Crippen molar-refractivity contribution in [1.82, 2.24) is 5.32 Å². The van der Waals surface area contributed by atoms with Crippen LogP contribution in [0.15, 0.2) is 22.7 Å². The highest BCUT2D eigenvalue weighted by Crippen LogP contribution is 2.28. The van der Waals surface area contributed by atoms with Gasteiger partial charge in [0.05, 0.1) is 13.3 Å². The van der Waals surface area contributed by atoms with Crippen molar-refractivity contribution >= 4 is 15.9 Å². The Balaban J connectivity index is 2.79. The van der Waals surface area contributed by atoms with Crippen LogP contribution in [0.4, 0.5) is 4.39 Å². The van der Waals surface area contributed by atoms with Gasteiger partial charge in [0, 0.05) is 22.5 Å². The fourth-order valence-corrected chi connectivity index (χ4v) is 2.02. The van der Waals surface area contributed by atoms with Gasteiger partial charge in [0.2, 0.25) is 0 Å². The lowest BCUT2D eigenvalue weighted by Gasteiger charge is -2.18. The molecule has 1 N–H and O–H groups in total. The summed E-state index contributed by atoms with van der Waals surface area (Å²) in [7, 11) is 0. The maximum atomic E-state index is 12.0. The Morgan fingerprint density at radius 2 is 2.24 bits per heavy atom. The first-order chi connectivity index (χ1) is 8.19. The number of halogens is 2. The van der Waals surface area contributed by atoms with Crippen molar-refractivity contribution in [2.75, 3.05) is 19.8 Å². The van der Waals surface area contributed by atoms with Gasteiger partial charge in [-0.3, -0.25) is 4.39 Å². The third-order valence-corrected chi connectivity index (χ3v) is 2.98. The topological polar surface area (TPSA) is 21.3 Å². The molecule has 1 aromatic carbocycles. The van der Waals surface area contributed by atoms with E-state index in [1.165, 1.54) is 0 Å². The number of alkyl halides is 1. The zero-order chi connectivity index (χ0) is 12.7. The summed E-state index contributed by atoms with van der Waals surface area (Å²) in [5.41, 5.74) is 1.10. The van der Waals surface area contributed by atoms with E-state index in [1.54, 1.807) is 0 Å². The van der Waals surface area contributed by atoms with E-state index in [2.05, 4.69) is 35.1 Å². The second-order valence-electron chi connectivity index (χ2n) is 3.85. The normalized spacial score (nSPS) is 12.5. The lowest BCUT2D eigenvalue weighted by Crippen LogP contribution is -2.18. The molecule has 0 aliphatic rings. The molecule has 1 unspecified atom stereocenters. The molecular formula is C13H19BrFNO. The van der Waals surface area contributed by atoms with Crippen molar-refractivity contribution in [3.8, 4) is 5.75 Å². The first-order valence-corrected chi connectivity index (χ1v) is 6.70. The first-order valence-electron chi connectivity index (χ1n) is 5.90. The minimum absolute atomic E-state index is 0.220. The van der Waals surface area contributed by atoms with E-state index in [1.807, 2.05) is 18.2 Å². The van der Waals surface area contributed by atoms with Gasteiger partial charge in [-0.25, -0.2) is 0 Å². The van der Waals surface area contributed by atoms with Crippen LogP contribution in [0.2, 0.25) is 0 Å². The third kappa shape index (κ3) is 4.64. The molecule has 0 aliphatic carbocycles. The summed E-state index contributed by atoms with van der Waals surface area (Å²) < 4.78 is 18.7. The Morgan fingerprint density at radius 3 is 2.88 bits per heavy atom. The predicted octanol–water partition coefficient (Wildman–Crippen LogP) is 3.86. The van der Waals surface area contributed by atoms with Gasteiger partial charge in [-0.1, -0.05) is 22.9 Å². The largest absolute Gasteiger partial charge is 0.493 e. The molecule has 0 fully saturated rings. The van der Waals surface area contributed by atoms with E-state index in [0.717, 1.165) is 22.3 Å². The van der Waals surface area contributed by atoms with Gasteiger partial charge < -0.3 is 10.1 Å².